The lowest BCUT2D eigenvalue weighted by molar-refractivity contribution is 0.412. The number of hydrogen-bond acceptors (Lipinski definition) is 5. The Morgan fingerprint density at radius 3 is 2.60 bits per heavy atom. The van der Waals surface area contributed by atoms with Crippen LogP contribution in [0.4, 0.5) is 11.4 Å². The quantitative estimate of drug-likeness (QED) is 0.654. The molecule has 1 saturated heterocycles. The fourth-order valence-corrected chi connectivity index (χ4v) is 4.37. The van der Waals surface area contributed by atoms with Crippen LogP contribution in [0.1, 0.15) is 0 Å². The van der Waals surface area contributed by atoms with Crippen LogP contribution in [-0.2, 0) is 10.0 Å². The van der Waals surface area contributed by atoms with Crippen LogP contribution in [0, 0.1) is 3.57 Å². The summed E-state index contributed by atoms with van der Waals surface area (Å²) in [7, 11) is -2.07. The molecule has 8 heteroatoms. The normalized spacial score (nSPS) is 15.0. The molecule has 6 nitrogen and oxygen atoms in total. The summed E-state index contributed by atoms with van der Waals surface area (Å²) in [5.74, 6) is 0.676. The molecule has 134 valence electrons. The Balaban J connectivity index is 1.93. The second-order valence-corrected chi connectivity index (χ2v) is 8.61. The minimum atomic E-state index is -3.67. The lowest BCUT2D eigenvalue weighted by Gasteiger charge is -2.30. The zero-order chi connectivity index (χ0) is 17.9. The Bertz CT molecular complexity index is 852. The van der Waals surface area contributed by atoms with Crippen molar-refractivity contribution in [2.75, 3.05) is 42.9 Å². The van der Waals surface area contributed by atoms with Gasteiger partial charge >= 0.3 is 0 Å². The molecule has 1 aliphatic heterocycles. The second-order valence-electron chi connectivity index (χ2n) is 5.69. The van der Waals surface area contributed by atoms with E-state index in [0.717, 1.165) is 35.4 Å². The summed E-state index contributed by atoms with van der Waals surface area (Å²) in [6.45, 7) is 3.34. The minimum Gasteiger partial charge on any atom is -0.495 e. The molecule has 0 spiro atoms. The maximum Gasteiger partial charge on any atom is 0.261 e. The summed E-state index contributed by atoms with van der Waals surface area (Å²) >= 11 is 2.15. The van der Waals surface area contributed by atoms with Crippen molar-refractivity contribution in [3.63, 3.8) is 0 Å². The van der Waals surface area contributed by atoms with E-state index in [1.807, 2.05) is 12.1 Å². The van der Waals surface area contributed by atoms with Gasteiger partial charge in [-0.05, 0) is 59.0 Å². The average molecular weight is 473 g/mol. The third-order valence-electron chi connectivity index (χ3n) is 4.00. The van der Waals surface area contributed by atoms with Crippen LogP contribution in [0.5, 0.6) is 5.75 Å². The lowest BCUT2D eigenvalue weighted by Crippen LogP contribution is -2.43. The van der Waals surface area contributed by atoms with Gasteiger partial charge in [0.15, 0.2) is 0 Å². The predicted octanol–water partition coefficient (Wildman–Crippen LogP) is 2.51. The van der Waals surface area contributed by atoms with Crippen LogP contribution in [0.15, 0.2) is 47.4 Å². The predicted molar refractivity (Wildman–Crippen MR) is 108 cm³/mol. The highest BCUT2D eigenvalue weighted by atomic mass is 127. The van der Waals surface area contributed by atoms with E-state index in [-0.39, 0.29) is 4.90 Å². The van der Waals surface area contributed by atoms with Gasteiger partial charge in [0.05, 0.1) is 17.7 Å². The number of ether oxygens (including phenoxy) is 1. The number of nitrogens with zero attached hydrogens (tertiary/aromatic N) is 1. The molecule has 0 aromatic heterocycles. The van der Waals surface area contributed by atoms with Crippen LogP contribution in [0.3, 0.4) is 0 Å². The average Bonchev–Trinajstić information content (AvgIpc) is 2.61. The van der Waals surface area contributed by atoms with Crippen molar-refractivity contribution in [1.29, 1.82) is 0 Å². The summed E-state index contributed by atoms with van der Waals surface area (Å²) in [5.41, 5.74) is 1.35. The van der Waals surface area contributed by atoms with Gasteiger partial charge in [0.25, 0.3) is 10.0 Å². The topological polar surface area (TPSA) is 70.7 Å². The summed E-state index contributed by atoms with van der Waals surface area (Å²) in [6, 6.07) is 12.2. The van der Waals surface area contributed by atoms with E-state index in [9.17, 15) is 8.42 Å². The Labute approximate surface area is 161 Å². The van der Waals surface area contributed by atoms with Crippen LogP contribution >= 0.6 is 22.6 Å². The maximum absolute atomic E-state index is 12.8. The number of piperazine rings is 1. The maximum atomic E-state index is 12.8. The minimum absolute atomic E-state index is 0.223. The van der Waals surface area contributed by atoms with E-state index < -0.39 is 10.0 Å². The van der Waals surface area contributed by atoms with E-state index in [1.54, 1.807) is 37.4 Å². The number of anilines is 2. The Kier molecular flexibility index (Phi) is 5.70. The molecule has 0 saturated carbocycles. The number of halogens is 1. The van der Waals surface area contributed by atoms with Crippen molar-refractivity contribution in [2.24, 2.45) is 0 Å². The van der Waals surface area contributed by atoms with E-state index in [1.165, 1.54) is 0 Å². The standard InChI is InChI=1S/C17H20IN3O3S/c1-24-17-6-5-15(12-16(17)21-9-7-19-8-10-21)25(22,23)20-14-4-2-3-13(18)11-14/h2-6,11-12,19-20H,7-10H2,1H3. The van der Waals surface area contributed by atoms with Crippen molar-refractivity contribution in [2.45, 2.75) is 4.90 Å². The van der Waals surface area contributed by atoms with Crippen molar-refractivity contribution < 1.29 is 13.2 Å². The second kappa shape index (κ2) is 7.79. The Hall–Kier alpha value is -1.52. The van der Waals surface area contributed by atoms with Gasteiger partial charge in [0.2, 0.25) is 0 Å². The Morgan fingerprint density at radius 1 is 1.16 bits per heavy atom. The Morgan fingerprint density at radius 2 is 1.92 bits per heavy atom. The summed E-state index contributed by atoms with van der Waals surface area (Å²) in [5, 5.41) is 3.29. The van der Waals surface area contributed by atoms with Gasteiger partial charge in [-0.1, -0.05) is 6.07 Å². The molecule has 0 bridgehead atoms. The molecule has 1 fully saturated rings. The number of nitrogens with one attached hydrogen (secondary N) is 2. The molecule has 25 heavy (non-hydrogen) atoms. The zero-order valence-corrected chi connectivity index (χ0v) is 16.8. The van der Waals surface area contributed by atoms with Crippen LogP contribution < -0.4 is 19.7 Å². The van der Waals surface area contributed by atoms with E-state index in [2.05, 4.69) is 37.5 Å². The van der Waals surface area contributed by atoms with Crippen molar-refractivity contribution in [1.82, 2.24) is 5.32 Å². The first kappa shape index (κ1) is 18.3. The zero-order valence-electron chi connectivity index (χ0n) is 13.8. The third kappa shape index (κ3) is 4.36. The first-order valence-corrected chi connectivity index (χ1v) is 10.5. The molecule has 2 aromatic rings. The number of benzene rings is 2. The van der Waals surface area contributed by atoms with Crippen LogP contribution in [-0.4, -0.2) is 41.7 Å². The molecule has 0 amide bonds. The number of rotatable bonds is 5. The molecule has 0 unspecified atom stereocenters. The highest BCUT2D eigenvalue weighted by Gasteiger charge is 2.20. The highest BCUT2D eigenvalue weighted by molar-refractivity contribution is 14.1. The largest absolute Gasteiger partial charge is 0.495 e. The monoisotopic (exact) mass is 473 g/mol. The SMILES string of the molecule is COc1ccc(S(=O)(=O)Nc2cccc(I)c2)cc1N1CCNCC1. The van der Waals surface area contributed by atoms with Gasteiger partial charge in [-0.25, -0.2) is 8.42 Å². The molecule has 1 aliphatic rings. The molecule has 2 N–H and O–H groups in total. The molecule has 0 aliphatic carbocycles. The highest BCUT2D eigenvalue weighted by Crippen LogP contribution is 2.32. The number of methoxy groups -OCH3 is 1. The van der Waals surface area contributed by atoms with Gasteiger partial charge in [-0.15, -0.1) is 0 Å². The van der Waals surface area contributed by atoms with Crippen molar-refractivity contribution >= 4 is 44.0 Å². The summed E-state index contributed by atoms with van der Waals surface area (Å²) in [6.07, 6.45) is 0. The fourth-order valence-electron chi connectivity index (χ4n) is 2.76. The number of sulfonamides is 1. The van der Waals surface area contributed by atoms with Crippen LogP contribution in [0.2, 0.25) is 0 Å². The summed E-state index contributed by atoms with van der Waals surface area (Å²) in [4.78, 5) is 2.36. The van der Waals surface area contributed by atoms with Gasteiger partial charge in [0.1, 0.15) is 5.75 Å². The fraction of sp³-hybridized carbons (Fsp3) is 0.294. The van der Waals surface area contributed by atoms with Crippen molar-refractivity contribution in [3.05, 3.63) is 46.0 Å². The third-order valence-corrected chi connectivity index (χ3v) is 6.05. The first-order valence-electron chi connectivity index (χ1n) is 7.92. The van der Waals surface area contributed by atoms with E-state index >= 15 is 0 Å². The van der Waals surface area contributed by atoms with Crippen molar-refractivity contribution in [3.8, 4) is 5.75 Å². The smallest absolute Gasteiger partial charge is 0.261 e. The number of hydrogen-bond donors (Lipinski definition) is 2. The first-order chi connectivity index (χ1) is 12.0. The van der Waals surface area contributed by atoms with Gasteiger partial charge in [-0.2, -0.15) is 0 Å². The molecule has 1 heterocycles. The van der Waals surface area contributed by atoms with Gasteiger partial charge < -0.3 is 15.0 Å². The lowest BCUT2D eigenvalue weighted by atomic mass is 10.2. The van der Waals surface area contributed by atoms with E-state index in [4.69, 9.17) is 4.74 Å². The van der Waals surface area contributed by atoms with E-state index in [0.29, 0.717) is 11.4 Å². The molecular weight excluding hydrogens is 453 g/mol. The molecule has 0 radical (unpaired) electrons. The van der Waals surface area contributed by atoms with Crippen LogP contribution in [0.25, 0.3) is 0 Å². The van der Waals surface area contributed by atoms with Gasteiger partial charge in [0, 0.05) is 35.4 Å². The molecule has 2 aromatic carbocycles. The molecule has 0 atom stereocenters. The summed E-state index contributed by atoms with van der Waals surface area (Å²) < 4.78 is 34.6. The molecular formula is C17H20IN3O3S. The van der Waals surface area contributed by atoms with Gasteiger partial charge in [-0.3, -0.25) is 4.72 Å². The molecule has 3 rings (SSSR count).